The number of amides is 1. The zero-order chi connectivity index (χ0) is 37.6. The van der Waals surface area contributed by atoms with Gasteiger partial charge in [-0.25, -0.2) is 4.98 Å². The minimum atomic E-state index is -0.500. The number of rotatable bonds is 13. The molecule has 1 saturated heterocycles. The number of nitro groups is 1. The average Bonchev–Trinajstić information content (AvgIpc) is 3.19. The summed E-state index contributed by atoms with van der Waals surface area (Å²) in [6.07, 6.45) is 2.53. The summed E-state index contributed by atoms with van der Waals surface area (Å²) >= 11 is 0. The van der Waals surface area contributed by atoms with E-state index in [0.29, 0.717) is 63.2 Å². The van der Waals surface area contributed by atoms with Gasteiger partial charge in [-0.3, -0.25) is 24.8 Å². The van der Waals surface area contributed by atoms with E-state index in [9.17, 15) is 14.9 Å². The van der Waals surface area contributed by atoms with Crippen molar-refractivity contribution in [3.05, 3.63) is 112 Å². The minimum absolute atomic E-state index is 0.148. The van der Waals surface area contributed by atoms with Crippen molar-refractivity contribution in [2.24, 2.45) is 0 Å². The van der Waals surface area contributed by atoms with Gasteiger partial charge in [0.1, 0.15) is 17.2 Å². The highest BCUT2D eigenvalue weighted by Gasteiger charge is 2.20. The summed E-state index contributed by atoms with van der Waals surface area (Å²) < 4.78 is 29.2. The molecule has 0 aliphatic carbocycles. The van der Waals surface area contributed by atoms with Gasteiger partial charge in [-0.15, -0.1) is 0 Å². The molecule has 54 heavy (non-hydrogen) atoms. The van der Waals surface area contributed by atoms with Crippen LogP contribution in [0.4, 0.5) is 11.4 Å². The summed E-state index contributed by atoms with van der Waals surface area (Å²) in [4.78, 5) is 36.7. The molecule has 0 radical (unpaired) electrons. The number of anilines is 1. The molecule has 276 valence electrons. The quantitative estimate of drug-likeness (QED) is 0.0705. The lowest BCUT2D eigenvalue weighted by Gasteiger charge is -2.26. The topological polar surface area (TPSA) is 147 Å². The van der Waals surface area contributed by atoms with E-state index in [-0.39, 0.29) is 11.3 Å². The Labute approximate surface area is 311 Å². The molecule has 1 fully saturated rings. The molecular weight excluding hydrogens is 690 g/mol. The van der Waals surface area contributed by atoms with E-state index >= 15 is 0 Å². The fourth-order valence-corrected chi connectivity index (χ4v) is 6.33. The third-order valence-electron chi connectivity index (χ3n) is 9.21. The molecule has 7 rings (SSSR count). The van der Waals surface area contributed by atoms with Crippen LogP contribution < -0.4 is 24.3 Å². The van der Waals surface area contributed by atoms with Crippen LogP contribution in [0, 0.1) is 17.0 Å². The molecule has 0 unspecified atom stereocenters. The van der Waals surface area contributed by atoms with Crippen LogP contribution in [-0.2, 0) is 4.74 Å². The monoisotopic (exact) mass is 729 g/mol. The van der Waals surface area contributed by atoms with Crippen molar-refractivity contribution in [2.45, 2.75) is 13.3 Å². The smallest absolute Gasteiger partial charge is 0.270 e. The number of nitrogens with zero attached hydrogens (tertiary/aromatic N) is 4. The van der Waals surface area contributed by atoms with Gasteiger partial charge in [-0.05, 0) is 49.7 Å². The lowest BCUT2D eigenvalue weighted by molar-refractivity contribution is -0.384. The Morgan fingerprint density at radius 2 is 1.67 bits per heavy atom. The van der Waals surface area contributed by atoms with E-state index in [1.807, 2.05) is 43.3 Å². The van der Waals surface area contributed by atoms with Crippen LogP contribution in [0.5, 0.6) is 28.7 Å². The number of benzene rings is 4. The highest BCUT2D eigenvalue weighted by atomic mass is 16.6. The molecule has 0 saturated carbocycles. The second kappa shape index (κ2) is 16.1. The zero-order valence-corrected chi connectivity index (χ0v) is 30.2. The van der Waals surface area contributed by atoms with Gasteiger partial charge in [0, 0.05) is 66.4 Å². The number of ether oxygens (including phenoxy) is 5. The molecule has 4 aromatic carbocycles. The van der Waals surface area contributed by atoms with Crippen molar-refractivity contribution in [3.8, 4) is 40.0 Å². The van der Waals surface area contributed by atoms with Crippen molar-refractivity contribution in [2.75, 3.05) is 59.0 Å². The third-order valence-corrected chi connectivity index (χ3v) is 9.21. The number of hydrogen-bond acceptors (Lipinski definition) is 11. The number of carbonyl (C=O) groups excluding carboxylic acids is 1. The maximum Gasteiger partial charge on any atom is 0.270 e. The van der Waals surface area contributed by atoms with Gasteiger partial charge in [-0.1, -0.05) is 29.8 Å². The van der Waals surface area contributed by atoms with E-state index in [4.69, 9.17) is 28.7 Å². The molecule has 0 bridgehead atoms. The zero-order valence-electron chi connectivity index (χ0n) is 30.2. The summed E-state index contributed by atoms with van der Waals surface area (Å²) in [6.45, 7) is 6.84. The van der Waals surface area contributed by atoms with Gasteiger partial charge >= 0.3 is 0 Å². The number of nitrogens with one attached hydrogen (secondary N) is 1. The number of carbonyl (C=O) groups is 1. The second-order valence-electron chi connectivity index (χ2n) is 12.8. The molecule has 13 heteroatoms. The van der Waals surface area contributed by atoms with Crippen LogP contribution in [0.3, 0.4) is 0 Å². The lowest BCUT2D eigenvalue weighted by Crippen LogP contribution is -2.37. The van der Waals surface area contributed by atoms with Gasteiger partial charge < -0.3 is 29.0 Å². The highest BCUT2D eigenvalue weighted by molar-refractivity contribution is 6.14. The number of aromatic nitrogens is 2. The summed E-state index contributed by atoms with van der Waals surface area (Å²) in [7, 11) is 3.08. The van der Waals surface area contributed by atoms with Crippen LogP contribution in [0.15, 0.2) is 91.1 Å². The molecule has 3 heterocycles. The number of pyridine rings is 2. The summed E-state index contributed by atoms with van der Waals surface area (Å²) in [5, 5.41) is 15.6. The third kappa shape index (κ3) is 8.02. The number of hydrogen-bond donors (Lipinski definition) is 1. The maximum absolute atomic E-state index is 13.9. The van der Waals surface area contributed by atoms with Crippen LogP contribution in [0.1, 0.15) is 22.3 Å². The largest absolute Gasteiger partial charge is 0.494 e. The number of nitro benzene ring substituents is 1. The Morgan fingerprint density at radius 1 is 0.870 bits per heavy atom. The van der Waals surface area contributed by atoms with Gasteiger partial charge in [0.05, 0.1) is 66.9 Å². The molecule has 2 aromatic heterocycles. The number of aryl methyl sites for hydroxylation is 1. The predicted molar refractivity (Wildman–Crippen MR) is 205 cm³/mol. The maximum atomic E-state index is 13.9. The van der Waals surface area contributed by atoms with E-state index in [1.54, 1.807) is 49.7 Å². The molecule has 13 nitrogen and oxygen atoms in total. The second-order valence-corrected chi connectivity index (χ2v) is 12.8. The fourth-order valence-electron chi connectivity index (χ4n) is 6.33. The first kappa shape index (κ1) is 36.1. The number of fused-ring (bicyclic) bond motifs is 2. The molecule has 6 aromatic rings. The van der Waals surface area contributed by atoms with Crippen molar-refractivity contribution in [1.29, 1.82) is 0 Å². The predicted octanol–water partition coefficient (Wildman–Crippen LogP) is 7.83. The van der Waals surface area contributed by atoms with Crippen LogP contribution in [-0.4, -0.2) is 79.4 Å². The first-order valence-corrected chi connectivity index (χ1v) is 17.5. The molecule has 0 atom stereocenters. The number of morpholine rings is 1. The summed E-state index contributed by atoms with van der Waals surface area (Å²) in [5.41, 5.74) is 4.00. The van der Waals surface area contributed by atoms with Crippen LogP contribution in [0.25, 0.3) is 33.1 Å². The Hall–Kier alpha value is -6.31. The molecule has 1 amide bonds. The normalized spacial score (nSPS) is 13.1. The van der Waals surface area contributed by atoms with Gasteiger partial charge in [0.2, 0.25) is 0 Å². The van der Waals surface area contributed by atoms with Crippen molar-refractivity contribution >= 4 is 39.1 Å². The fraction of sp³-hybridized carbons (Fsp3) is 0.244. The van der Waals surface area contributed by atoms with Crippen molar-refractivity contribution < 1.29 is 33.4 Å². The van der Waals surface area contributed by atoms with Gasteiger partial charge in [-0.2, -0.15) is 0 Å². The van der Waals surface area contributed by atoms with Crippen LogP contribution in [0.2, 0.25) is 0 Å². The van der Waals surface area contributed by atoms with Crippen molar-refractivity contribution in [1.82, 2.24) is 14.9 Å². The minimum Gasteiger partial charge on any atom is -0.494 e. The lowest BCUT2D eigenvalue weighted by atomic mass is 10.0. The van der Waals surface area contributed by atoms with Crippen LogP contribution >= 0.6 is 0 Å². The Morgan fingerprint density at radius 3 is 2.43 bits per heavy atom. The highest BCUT2D eigenvalue weighted by Crippen LogP contribution is 2.39. The van der Waals surface area contributed by atoms with E-state index < -0.39 is 10.8 Å². The molecule has 0 spiro atoms. The Balaban J connectivity index is 1.12. The number of methoxy groups -OCH3 is 2. The van der Waals surface area contributed by atoms with E-state index in [0.717, 1.165) is 55.8 Å². The first-order chi connectivity index (χ1) is 26.3. The van der Waals surface area contributed by atoms with Gasteiger partial charge in [0.25, 0.3) is 11.6 Å². The molecular formula is C41H39N5O8. The summed E-state index contributed by atoms with van der Waals surface area (Å²) in [5.74, 6) is 1.99. The molecule has 1 aliphatic rings. The molecule has 1 aliphatic heterocycles. The van der Waals surface area contributed by atoms with E-state index in [1.165, 1.54) is 19.2 Å². The van der Waals surface area contributed by atoms with Gasteiger partial charge in [0.15, 0.2) is 11.5 Å². The molecule has 1 N–H and O–H groups in total. The average molecular weight is 730 g/mol. The first-order valence-electron chi connectivity index (χ1n) is 17.5. The standard InChI is InChI=1S/C41H39N5O8/c1-26-5-7-27(8-6-26)35-23-31(30-21-28(46(48)49)9-11-33(30)43-35)41(47)44-34-12-10-29(22-38(34)50-2)54-37-13-14-42-36-25-40(39(51-3)24-32(36)37)53-18-4-15-45-16-19-52-20-17-45/h5-14,21-25H,4,15-20H2,1-3H3,(H,44,47). The Kier molecular flexibility index (Phi) is 10.8. The van der Waals surface area contributed by atoms with Crippen molar-refractivity contribution in [3.63, 3.8) is 0 Å². The number of non-ortho nitro benzene ring substituents is 1. The SMILES string of the molecule is COc1cc(Oc2ccnc3cc(OCCCN4CCOCC4)c(OC)cc23)ccc1NC(=O)c1cc(-c2ccc(C)cc2)nc2ccc([N+](=O)[O-])cc12. The van der Waals surface area contributed by atoms with E-state index in [2.05, 4.69) is 15.2 Å². The Bertz CT molecular complexity index is 2330. The summed E-state index contributed by atoms with van der Waals surface area (Å²) in [6, 6.07) is 24.2.